The van der Waals surface area contributed by atoms with E-state index >= 15 is 0 Å². The lowest BCUT2D eigenvalue weighted by atomic mass is 10.0. The fraction of sp³-hybridized carbons (Fsp3) is 0.435. The average Bonchev–Trinajstić information content (AvgIpc) is 3.08. The number of pyridine rings is 1. The van der Waals surface area contributed by atoms with Gasteiger partial charge in [-0.15, -0.1) is 0 Å². The third kappa shape index (κ3) is 5.40. The number of amides is 2. The van der Waals surface area contributed by atoms with Gasteiger partial charge in [0.15, 0.2) is 6.61 Å². The maximum absolute atomic E-state index is 13.1. The number of fused-ring (bicyclic) bond motifs is 1. The quantitative estimate of drug-likeness (QED) is 0.617. The van der Waals surface area contributed by atoms with E-state index in [0.29, 0.717) is 34.7 Å². The van der Waals surface area contributed by atoms with E-state index < -0.39 is 12.5 Å². The van der Waals surface area contributed by atoms with E-state index in [1.165, 1.54) is 6.20 Å². The summed E-state index contributed by atoms with van der Waals surface area (Å²) in [4.78, 5) is 31.1. The van der Waals surface area contributed by atoms with Crippen molar-refractivity contribution in [3.05, 3.63) is 58.4 Å². The maximum atomic E-state index is 13.1. The van der Waals surface area contributed by atoms with Crippen molar-refractivity contribution in [2.24, 2.45) is 0 Å². The number of aromatic nitrogens is 1. The number of alkyl halides is 2. The summed E-state index contributed by atoms with van der Waals surface area (Å²) in [6.07, 6.45) is 1.53. The highest BCUT2D eigenvalue weighted by atomic mass is 19.3. The van der Waals surface area contributed by atoms with Crippen LogP contribution in [0.1, 0.15) is 52.6 Å². The molecule has 1 aromatic heterocycles. The number of carbonyl (C=O) groups is 2. The van der Waals surface area contributed by atoms with Crippen molar-refractivity contribution < 1.29 is 28.2 Å². The summed E-state index contributed by atoms with van der Waals surface area (Å²) in [6, 6.07) is 6.59. The third-order valence-corrected chi connectivity index (χ3v) is 5.36. The smallest absolute Gasteiger partial charge is 0.278 e. The third-order valence-electron chi connectivity index (χ3n) is 5.36. The van der Waals surface area contributed by atoms with Crippen molar-refractivity contribution >= 4 is 11.8 Å². The van der Waals surface area contributed by atoms with Crippen LogP contribution in [-0.4, -0.2) is 52.5 Å². The zero-order chi connectivity index (χ0) is 23.5. The molecule has 0 saturated carbocycles. The minimum Gasteiger partial charge on any atom is -0.487 e. The molecule has 1 aliphatic rings. The van der Waals surface area contributed by atoms with Gasteiger partial charge in [-0.1, -0.05) is 12.1 Å². The Kier molecular flexibility index (Phi) is 7.08. The number of ether oxygens (including phenoxy) is 1. The molecule has 2 heterocycles. The van der Waals surface area contributed by atoms with Crippen molar-refractivity contribution in [1.82, 2.24) is 15.2 Å². The topological polar surface area (TPSA) is 91.8 Å². The van der Waals surface area contributed by atoms with E-state index in [2.05, 4.69) is 10.3 Å². The fourth-order valence-corrected chi connectivity index (χ4v) is 3.66. The van der Waals surface area contributed by atoms with E-state index in [1.54, 1.807) is 30.0 Å². The van der Waals surface area contributed by atoms with Gasteiger partial charge < -0.3 is 20.1 Å². The molecule has 1 aliphatic heterocycles. The standard InChI is InChI=1S/C23H27F2N3O4/c1-14-10-16(4-5-20(14)32-13-23(3,24)25)15(2)28-12-18-17(22(28)31)6-7-26-19(18)11-21(30)27-8-9-29/h4-7,10,15,29H,8-9,11-13H2,1-3H3,(H,27,30). The molecular weight excluding hydrogens is 420 g/mol. The lowest BCUT2D eigenvalue weighted by molar-refractivity contribution is -0.120. The second kappa shape index (κ2) is 9.60. The lowest BCUT2D eigenvalue weighted by Gasteiger charge is -2.25. The molecule has 7 nitrogen and oxygen atoms in total. The van der Waals surface area contributed by atoms with Gasteiger partial charge in [0.1, 0.15) is 5.75 Å². The van der Waals surface area contributed by atoms with Crippen LogP contribution < -0.4 is 10.1 Å². The van der Waals surface area contributed by atoms with Crippen molar-refractivity contribution in [2.75, 3.05) is 19.8 Å². The molecular formula is C23H27F2N3O4. The van der Waals surface area contributed by atoms with E-state index in [0.717, 1.165) is 12.5 Å². The summed E-state index contributed by atoms with van der Waals surface area (Å²) in [7, 11) is 0. The van der Waals surface area contributed by atoms with Gasteiger partial charge in [0.2, 0.25) is 5.91 Å². The van der Waals surface area contributed by atoms with Gasteiger partial charge in [0.05, 0.1) is 24.8 Å². The summed E-state index contributed by atoms with van der Waals surface area (Å²) in [5.74, 6) is -2.98. The molecule has 32 heavy (non-hydrogen) atoms. The van der Waals surface area contributed by atoms with E-state index in [9.17, 15) is 18.4 Å². The molecule has 2 aromatic rings. The molecule has 3 rings (SSSR count). The molecule has 0 saturated heterocycles. The number of rotatable bonds is 9. The number of aliphatic hydroxyl groups is 1. The van der Waals surface area contributed by atoms with Crippen molar-refractivity contribution in [3.63, 3.8) is 0 Å². The normalized spacial score (nSPS) is 14.3. The Balaban J connectivity index is 1.76. The largest absolute Gasteiger partial charge is 0.487 e. The maximum Gasteiger partial charge on any atom is 0.278 e. The second-order valence-electron chi connectivity index (χ2n) is 8.03. The summed E-state index contributed by atoms with van der Waals surface area (Å²) >= 11 is 0. The van der Waals surface area contributed by atoms with Crippen LogP contribution in [0.25, 0.3) is 0 Å². The number of hydrogen-bond donors (Lipinski definition) is 2. The zero-order valence-corrected chi connectivity index (χ0v) is 18.3. The van der Waals surface area contributed by atoms with Crippen LogP contribution in [0.5, 0.6) is 5.75 Å². The van der Waals surface area contributed by atoms with E-state index in [-0.39, 0.29) is 37.4 Å². The van der Waals surface area contributed by atoms with E-state index in [4.69, 9.17) is 9.84 Å². The number of benzene rings is 1. The van der Waals surface area contributed by atoms with Crippen LogP contribution in [0.2, 0.25) is 0 Å². The molecule has 0 aliphatic carbocycles. The predicted molar refractivity (Wildman–Crippen MR) is 114 cm³/mol. The van der Waals surface area contributed by atoms with Crippen LogP contribution >= 0.6 is 0 Å². The molecule has 1 atom stereocenters. The SMILES string of the molecule is Cc1cc(C(C)N2Cc3c(ccnc3CC(=O)NCCO)C2=O)ccc1OCC(C)(F)F. The Morgan fingerprint density at radius 3 is 2.78 bits per heavy atom. The molecule has 0 spiro atoms. The van der Waals surface area contributed by atoms with Crippen molar-refractivity contribution in [3.8, 4) is 5.75 Å². The molecule has 172 valence electrons. The Hall–Kier alpha value is -3.07. The van der Waals surface area contributed by atoms with Crippen molar-refractivity contribution in [1.29, 1.82) is 0 Å². The van der Waals surface area contributed by atoms with Gasteiger partial charge in [-0.05, 0) is 37.1 Å². The number of hydrogen-bond acceptors (Lipinski definition) is 5. The molecule has 2 amide bonds. The molecule has 0 bridgehead atoms. The minimum absolute atomic E-state index is 0.0197. The van der Waals surface area contributed by atoms with Gasteiger partial charge in [0.25, 0.3) is 11.8 Å². The first kappa shape index (κ1) is 23.6. The monoisotopic (exact) mass is 447 g/mol. The Labute approximate surface area is 185 Å². The Morgan fingerprint density at radius 1 is 1.38 bits per heavy atom. The summed E-state index contributed by atoms with van der Waals surface area (Å²) < 4.78 is 31.4. The van der Waals surface area contributed by atoms with Gasteiger partial charge in [-0.3, -0.25) is 14.6 Å². The first-order valence-corrected chi connectivity index (χ1v) is 10.4. The number of carbonyl (C=O) groups excluding carboxylic acids is 2. The van der Waals surface area contributed by atoms with Gasteiger partial charge >= 0.3 is 0 Å². The van der Waals surface area contributed by atoms with Crippen LogP contribution in [0.3, 0.4) is 0 Å². The van der Waals surface area contributed by atoms with Crippen LogP contribution in [-0.2, 0) is 17.8 Å². The highest BCUT2D eigenvalue weighted by Gasteiger charge is 2.34. The first-order chi connectivity index (χ1) is 15.1. The molecule has 1 unspecified atom stereocenters. The fourth-order valence-electron chi connectivity index (χ4n) is 3.66. The van der Waals surface area contributed by atoms with Crippen LogP contribution in [0, 0.1) is 6.92 Å². The number of aliphatic hydroxyl groups excluding tert-OH is 1. The summed E-state index contributed by atoms with van der Waals surface area (Å²) in [5, 5.41) is 11.4. The van der Waals surface area contributed by atoms with Gasteiger partial charge in [-0.25, -0.2) is 8.78 Å². The van der Waals surface area contributed by atoms with Gasteiger partial charge in [0, 0.05) is 37.3 Å². The molecule has 9 heteroatoms. The van der Waals surface area contributed by atoms with Crippen molar-refractivity contribution in [2.45, 2.75) is 45.7 Å². The highest BCUT2D eigenvalue weighted by molar-refractivity contribution is 5.99. The summed E-state index contributed by atoms with van der Waals surface area (Å²) in [6.45, 7) is 4.07. The first-order valence-electron chi connectivity index (χ1n) is 10.4. The van der Waals surface area contributed by atoms with Gasteiger partial charge in [-0.2, -0.15) is 0 Å². The molecule has 0 fully saturated rings. The van der Waals surface area contributed by atoms with Crippen LogP contribution in [0.4, 0.5) is 8.78 Å². The molecule has 2 N–H and O–H groups in total. The number of nitrogens with zero attached hydrogens (tertiary/aromatic N) is 2. The number of halogens is 2. The molecule has 0 radical (unpaired) electrons. The summed E-state index contributed by atoms with van der Waals surface area (Å²) in [5.41, 5.74) is 3.30. The molecule has 1 aromatic carbocycles. The Bertz CT molecular complexity index is 1010. The number of aryl methyl sites for hydroxylation is 1. The lowest BCUT2D eigenvalue weighted by Crippen LogP contribution is -2.28. The Morgan fingerprint density at radius 2 is 2.12 bits per heavy atom. The highest BCUT2D eigenvalue weighted by Crippen LogP contribution is 2.34. The average molecular weight is 447 g/mol. The van der Waals surface area contributed by atoms with Crippen LogP contribution in [0.15, 0.2) is 30.5 Å². The number of nitrogens with one attached hydrogen (secondary N) is 1. The zero-order valence-electron chi connectivity index (χ0n) is 18.3. The van der Waals surface area contributed by atoms with E-state index in [1.807, 2.05) is 13.0 Å². The predicted octanol–water partition coefficient (Wildman–Crippen LogP) is 2.79. The second-order valence-corrected chi connectivity index (χ2v) is 8.03. The minimum atomic E-state index is -2.92.